The van der Waals surface area contributed by atoms with E-state index in [9.17, 15) is 23.8 Å². The fourth-order valence-corrected chi connectivity index (χ4v) is 7.03. The van der Waals surface area contributed by atoms with Gasteiger partial charge in [-0.2, -0.15) is 0 Å². The summed E-state index contributed by atoms with van der Waals surface area (Å²) in [6.45, 7) is 0.0748. The highest BCUT2D eigenvalue weighted by atomic mass is 32.1. The molecule has 1 aliphatic rings. The van der Waals surface area contributed by atoms with E-state index in [1.54, 1.807) is 18.2 Å². The standard InChI is InChI=1S/C15H23NO6P2/c16-13-6-5-12-7-9-15(14(12)11-13,8-3-1-2-4-10-17)23(18,19)24(20,21)22/h5-7,9,11,17H,1-4,8,10,16H2,(H,18,19)(H2,20,21,22). The van der Waals surface area contributed by atoms with Crippen LogP contribution in [0.15, 0.2) is 24.3 Å². The van der Waals surface area contributed by atoms with Gasteiger partial charge in [0.2, 0.25) is 0 Å². The summed E-state index contributed by atoms with van der Waals surface area (Å²) in [4.78, 5) is 29.4. The number of fused-ring (bicyclic) bond motifs is 1. The van der Waals surface area contributed by atoms with E-state index in [2.05, 4.69) is 0 Å². The van der Waals surface area contributed by atoms with Crippen LogP contribution in [0.4, 0.5) is 5.69 Å². The lowest BCUT2D eigenvalue weighted by Crippen LogP contribution is -2.22. The van der Waals surface area contributed by atoms with Gasteiger partial charge in [-0.25, -0.2) is 4.57 Å². The molecule has 1 aromatic rings. The Morgan fingerprint density at radius 3 is 2.33 bits per heavy atom. The minimum Gasteiger partial charge on any atom is -0.399 e. The number of hydrogen-bond donors (Lipinski definition) is 5. The van der Waals surface area contributed by atoms with E-state index in [-0.39, 0.29) is 13.0 Å². The van der Waals surface area contributed by atoms with Crippen molar-refractivity contribution in [2.75, 3.05) is 12.3 Å². The van der Waals surface area contributed by atoms with Crippen LogP contribution < -0.4 is 5.73 Å². The quantitative estimate of drug-likeness (QED) is 0.267. The number of nitrogen functional groups attached to an aromatic ring is 1. The zero-order chi connectivity index (χ0) is 18.0. The van der Waals surface area contributed by atoms with Crippen LogP contribution in [-0.4, -0.2) is 26.4 Å². The van der Waals surface area contributed by atoms with Crippen LogP contribution in [0.1, 0.15) is 43.2 Å². The highest BCUT2D eigenvalue weighted by Gasteiger charge is 2.59. The molecule has 2 atom stereocenters. The predicted octanol–water partition coefficient (Wildman–Crippen LogP) is 2.80. The molecule has 0 fully saturated rings. The summed E-state index contributed by atoms with van der Waals surface area (Å²) >= 11 is 0. The second-order valence-electron chi connectivity index (χ2n) is 6.05. The van der Waals surface area contributed by atoms with E-state index in [1.165, 1.54) is 12.1 Å². The smallest absolute Gasteiger partial charge is 0.399 e. The molecule has 0 saturated heterocycles. The number of benzene rings is 1. The van der Waals surface area contributed by atoms with Gasteiger partial charge in [0.15, 0.2) is 0 Å². The summed E-state index contributed by atoms with van der Waals surface area (Å²) in [6, 6.07) is 4.83. The van der Waals surface area contributed by atoms with Crippen molar-refractivity contribution < 1.29 is 28.9 Å². The highest BCUT2D eigenvalue weighted by molar-refractivity contribution is 8.29. The van der Waals surface area contributed by atoms with Crippen LogP contribution in [0.3, 0.4) is 0 Å². The molecule has 9 heteroatoms. The monoisotopic (exact) mass is 375 g/mol. The minimum atomic E-state index is -5.24. The van der Waals surface area contributed by atoms with Crippen molar-refractivity contribution in [2.45, 2.75) is 37.3 Å². The Labute approximate surface area is 140 Å². The molecule has 1 aromatic carbocycles. The molecule has 0 radical (unpaired) electrons. The highest BCUT2D eigenvalue weighted by Crippen LogP contribution is 2.85. The number of rotatable bonds is 8. The van der Waals surface area contributed by atoms with Gasteiger partial charge < -0.3 is 25.5 Å². The van der Waals surface area contributed by atoms with Crippen molar-refractivity contribution in [2.24, 2.45) is 0 Å². The summed E-state index contributed by atoms with van der Waals surface area (Å²) in [6.07, 6.45) is 5.74. The van der Waals surface area contributed by atoms with Crippen molar-refractivity contribution in [3.8, 4) is 0 Å². The van der Waals surface area contributed by atoms with Crippen molar-refractivity contribution >= 4 is 26.1 Å². The summed E-state index contributed by atoms with van der Waals surface area (Å²) in [5.74, 6) is 0. The number of hydrogen-bond acceptors (Lipinski definition) is 4. The lowest BCUT2D eigenvalue weighted by molar-refractivity contribution is 0.282. The van der Waals surface area contributed by atoms with Gasteiger partial charge in [-0.3, -0.25) is 4.57 Å². The molecule has 0 heterocycles. The Morgan fingerprint density at radius 2 is 1.71 bits per heavy atom. The maximum absolute atomic E-state index is 12.8. The van der Waals surface area contributed by atoms with Crippen LogP contribution in [0, 0.1) is 0 Å². The molecule has 2 unspecified atom stereocenters. The third kappa shape index (κ3) is 3.38. The van der Waals surface area contributed by atoms with Gasteiger partial charge in [0.05, 0.1) is 0 Å². The van der Waals surface area contributed by atoms with Crippen molar-refractivity contribution in [3.05, 3.63) is 35.4 Å². The first-order chi connectivity index (χ1) is 11.2. The van der Waals surface area contributed by atoms with Gasteiger partial charge in [-0.1, -0.05) is 37.5 Å². The van der Waals surface area contributed by atoms with E-state index in [1.807, 2.05) is 0 Å². The van der Waals surface area contributed by atoms with Crippen LogP contribution >= 0.6 is 14.3 Å². The van der Waals surface area contributed by atoms with E-state index in [4.69, 9.17) is 10.8 Å². The molecule has 0 amide bonds. The molecule has 1 aliphatic carbocycles. The second kappa shape index (κ2) is 7.12. The number of aliphatic hydroxyl groups is 1. The van der Waals surface area contributed by atoms with Gasteiger partial charge >= 0.3 is 14.3 Å². The maximum atomic E-state index is 12.8. The number of anilines is 1. The number of aliphatic hydroxyl groups excluding tert-OH is 1. The van der Waals surface area contributed by atoms with E-state index in [0.29, 0.717) is 36.1 Å². The first kappa shape index (κ1) is 19.4. The van der Waals surface area contributed by atoms with Gasteiger partial charge in [0.25, 0.3) is 0 Å². The number of nitrogens with two attached hydrogens (primary N) is 1. The summed E-state index contributed by atoms with van der Waals surface area (Å²) in [5.41, 5.74) is 7.17. The molecule has 134 valence electrons. The number of unbranched alkanes of at least 4 members (excludes halogenated alkanes) is 3. The molecular formula is C15H23NO6P2. The van der Waals surface area contributed by atoms with Gasteiger partial charge in [0.1, 0.15) is 5.16 Å². The van der Waals surface area contributed by atoms with Gasteiger partial charge in [0, 0.05) is 12.3 Å². The van der Waals surface area contributed by atoms with Crippen molar-refractivity contribution in [1.82, 2.24) is 0 Å². The fourth-order valence-electron chi connectivity index (χ4n) is 3.12. The molecule has 7 nitrogen and oxygen atoms in total. The predicted molar refractivity (Wildman–Crippen MR) is 93.6 cm³/mol. The Hall–Kier alpha value is -0.940. The van der Waals surface area contributed by atoms with E-state index in [0.717, 1.165) is 6.42 Å². The largest absolute Gasteiger partial charge is 0.408 e. The topological polar surface area (TPSA) is 141 Å². The second-order valence-corrected chi connectivity index (χ2v) is 12.2. The van der Waals surface area contributed by atoms with Crippen LogP contribution in [0.5, 0.6) is 0 Å². The minimum absolute atomic E-state index is 0.0748. The molecule has 0 aliphatic heterocycles. The number of allylic oxidation sites excluding steroid dienone is 1. The average Bonchev–Trinajstić information content (AvgIpc) is 2.85. The average molecular weight is 375 g/mol. The molecule has 2 rings (SSSR count). The molecule has 0 saturated carbocycles. The lowest BCUT2D eigenvalue weighted by atomic mass is 9.93. The first-order valence-electron chi connectivity index (χ1n) is 7.75. The lowest BCUT2D eigenvalue weighted by Gasteiger charge is -2.34. The normalized spacial score (nSPS) is 22.3. The Bertz CT molecular complexity index is 729. The van der Waals surface area contributed by atoms with E-state index >= 15 is 0 Å². The zero-order valence-electron chi connectivity index (χ0n) is 13.2. The Balaban J connectivity index is 2.43. The van der Waals surface area contributed by atoms with Crippen molar-refractivity contribution in [1.29, 1.82) is 0 Å². The molecular weight excluding hydrogens is 352 g/mol. The molecule has 0 spiro atoms. The molecule has 24 heavy (non-hydrogen) atoms. The van der Waals surface area contributed by atoms with Gasteiger partial charge in [-0.05, 0) is 36.1 Å². The fraction of sp³-hybridized carbons (Fsp3) is 0.467. The third-order valence-corrected chi connectivity index (χ3v) is 9.97. The SMILES string of the molecule is Nc1ccc2c(c1)C(CCCCCCO)(P(=O)(O)P(=O)(O)O)C=C2. The summed E-state index contributed by atoms with van der Waals surface area (Å²) in [5, 5.41) is 7.18. The Morgan fingerprint density at radius 1 is 1.04 bits per heavy atom. The molecule has 0 aromatic heterocycles. The third-order valence-electron chi connectivity index (χ3n) is 4.42. The van der Waals surface area contributed by atoms with Crippen LogP contribution in [0.2, 0.25) is 0 Å². The summed E-state index contributed by atoms with van der Waals surface area (Å²) < 4.78 is 24.6. The van der Waals surface area contributed by atoms with Crippen LogP contribution in [-0.2, 0) is 14.3 Å². The summed E-state index contributed by atoms with van der Waals surface area (Å²) in [7, 11) is -10.1. The van der Waals surface area contributed by atoms with Crippen LogP contribution in [0.25, 0.3) is 6.08 Å². The molecule has 6 N–H and O–H groups in total. The first-order valence-corrected chi connectivity index (χ1v) is 11.7. The van der Waals surface area contributed by atoms with E-state index < -0.39 is 19.5 Å². The Kier molecular flexibility index (Phi) is 5.75. The maximum Gasteiger partial charge on any atom is 0.408 e. The zero-order valence-corrected chi connectivity index (χ0v) is 15.0. The van der Waals surface area contributed by atoms with Crippen molar-refractivity contribution in [3.63, 3.8) is 0 Å². The van der Waals surface area contributed by atoms with Gasteiger partial charge in [-0.15, -0.1) is 0 Å². The molecule has 0 bridgehead atoms.